The van der Waals surface area contributed by atoms with Crippen molar-refractivity contribution in [2.45, 2.75) is 20.2 Å². The number of ether oxygens (including phenoxy) is 1. The van der Waals surface area contributed by atoms with Crippen molar-refractivity contribution in [3.05, 3.63) is 24.3 Å². The maximum absolute atomic E-state index is 12.0. The van der Waals surface area contributed by atoms with Crippen molar-refractivity contribution in [2.24, 2.45) is 11.1 Å². The summed E-state index contributed by atoms with van der Waals surface area (Å²) in [6.45, 7) is 3.09. The van der Waals surface area contributed by atoms with Crippen molar-refractivity contribution in [1.29, 1.82) is 0 Å². The zero-order chi connectivity index (χ0) is 15.6. The molecule has 0 aliphatic rings. The van der Waals surface area contributed by atoms with Crippen LogP contribution in [0.15, 0.2) is 24.3 Å². The van der Waals surface area contributed by atoms with E-state index in [2.05, 4.69) is 10.1 Å². The highest BCUT2D eigenvalue weighted by Gasteiger charge is 2.32. The van der Waals surface area contributed by atoms with Gasteiger partial charge in [-0.25, -0.2) is 0 Å². The number of carbonyl (C=O) groups excluding carboxylic acids is 1. The van der Waals surface area contributed by atoms with Crippen LogP contribution in [0.5, 0.6) is 5.75 Å². The van der Waals surface area contributed by atoms with Crippen LogP contribution in [0.2, 0.25) is 0 Å². The second-order valence-corrected chi connectivity index (χ2v) is 4.96. The van der Waals surface area contributed by atoms with Gasteiger partial charge in [0.25, 0.3) is 0 Å². The number of rotatable bonds is 4. The van der Waals surface area contributed by atoms with Crippen LogP contribution < -0.4 is 15.8 Å². The first kappa shape index (κ1) is 16.2. The van der Waals surface area contributed by atoms with E-state index in [1.54, 1.807) is 13.8 Å². The van der Waals surface area contributed by atoms with E-state index in [9.17, 15) is 18.0 Å². The van der Waals surface area contributed by atoms with Gasteiger partial charge in [-0.2, -0.15) is 0 Å². The molecule has 0 spiro atoms. The summed E-state index contributed by atoms with van der Waals surface area (Å²) < 4.78 is 39.6. The number of alkyl halides is 3. The average molecular weight is 306 g/mol. The Morgan fingerprint density at radius 2 is 1.75 bits per heavy atom. The van der Waals surface area contributed by atoms with E-state index >= 15 is 0 Å². The lowest BCUT2D eigenvalue weighted by molar-refractivity contribution is -0.274. The van der Waals surface area contributed by atoms with Crippen LogP contribution in [-0.2, 0) is 4.79 Å². The number of carbonyl (C=O) groups is 1. The Morgan fingerprint density at radius 1 is 1.25 bits per heavy atom. The van der Waals surface area contributed by atoms with Crippen molar-refractivity contribution in [1.82, 2.24) is 0 Å². The first-order chi connectivity index (χ1) is 9.02. The van der Waals surface area contributed by atoms with E-state index in [4.69, 9.17) is 18.0 Å². The van der Waals surface area contributed by atoms with Crippen LogP contribution >= 0.6 is 12.2 Å². The number of benzene rings is 1. The molecule has 1 amide bonds. The normalized spacial score (nSPS) is 11.8. The maximum atomic E-state index is 12.0. The largest absolute Gasteiger partial charge is 0.573 e. The van der Waals surface area contributed by atoms with Crippen molar-refractivity contribution >= 4 is 28.8 Å². The van der Waals surface area contributed by atoms with Gasteiger partial charge in [-0.3, -0.25) is 4.79 Å². The summed E-state index contributed by atoms with van der Waals surface area (Å²) in [5.74, 6) is -0.821. The Labute approximate surface area is 119 Å². The molecular formula is C12H13F3N2O2S. The molecule has 0 unspecified atom stereocenters. The molecule has 8 heteroatoms. The van der Waals surface area contributed by atoms with Gasteiger partial charge in [-0.05, 0) is 38.1 Å². The molecule has 1 aromatic rings. The summed E-state index contributed by atoms with van der Waals surface area (Å²) in [6, 6.07) is 4.76. The second kappa shape index (κ2) is 5.66. The smallest absolute Gasteiger partial charge is 0.406 e. The third kappa shape index (κ3) is 4.37. The molecule has 1 rings (SSSR count). The first-order valence-corrected chi connectivity index (χ1v) is 5.90. The summed E-state index contributed by atoms with van der Waals surface area (Å²) in [7, 11) is 0. The zero-order valence-electron chi connectivity index (χ0n) is 10.7. The van der Waals surface area contributed by atoms with Gasteiger partial charge < -0.3 is 15.8 Å². The standard InChI is InChI=1S/C12H13F3N2O2S/c1-11(2,9(16)20)10(18)17-7-3-5-8(6-4-7)19-12(13,14)15/h3-6H,1-2H3,(H2,16,20)(H,17,18). The van der Waals surface area contributed by atoms with Crippen LogP contribution in [0.4, 0.5) is 18.9 Å². The molecule has 0 radical (unpaired) electrons. The van der Waals surface area contributed by atoms with Crippen LogP contribution in [0.1, 0.15) is 13.8 Å². The van der Waals surface area contributed by atoms with E-state index in [0.717, 1.165) is 12.1 Å². The summed E-state index contributed by atoms with van der Waals surface area (Å²) in [5.41, 5.74) is 4.70. The fourth-order valence-corrected chi connectivity index (χ4v) is 1.23. The minimum Gasteiger partial charge on any atom is -0.406 e. The topological polar surface area (TPSA) is 64.3 Å². The Kier molecular flexibility index (Phi) is 4.59. The predicted octanol–water partition coefficient (Wildman–Crippen LogP) is 2.84. The fourth-order valence-electron chi connectivity index (χ4n) is 1.14. The number of anilines is 1. The van der Waals surface area contributed by atoms with Crippen LogP contribution in [-0.4, -0.2) is 17.3 Å². The molecule has 110 valence electrons. The Bertz CT molecular complexity index is 512. The lowest BCUT2D eigenvalue weighted by Crippen LogP contribution is -2.41. The molecule has 1 aromatic carbocycles. The molecule has 0 fully saturated rings. The van der Waals surface area contributed by atoms with E-state index in [1.165, 1.54) is 12.1 Å². The van der Waals surface area contributed by atoms with E-state index in [1.807, 2.05) is 0 Å². The van der Waals surface area contributed by atoms with Crippen LogP contribution in [0.3, 0.4) is 0 Å². The molecular weight excluding hydrogens is 293 g/mol. The number of halogens is 3. The number of thiocarbonyl (C=S) groups is 1. The van der Waals surface area contributed by atoms with Gasteiger partial charge in [0.05, 0.1) is 10.4 Å². The molecule has 0 aromatic heterocycles. The molecule has 20 heavy (non-hydrogen) atoms. The SMILES string of the molecule is CC(C)(C(=O)Nc1ccc(OC(F)(F)F)cc1)C(N)=S. The van der Waals surface area contributed by atoms with Crippen molar-refractivity contribution in [3.8, 4) is 5.75 Å². The van der Waals surface area contributed by atoms with Gasteiger partial charge in [0.1, 0.15) is 5.75 Å². The van der Waals surface area contributed by atoms with Crippen molar-refractivity contribution < 1.29 is 22.7 Å². The van der Waals surface area contributed by atoms with Crippen LogP contribution in [0.25, 0.3) is 0 Å². The van der Waals surface area contributed by atoms with Gasteiger partial charge in [0.15, 0.2) is 0 Å². The van der Waals surface area contributed by atoms with Crippen molar-refractivity contribution in [2.75, 3.05) is 5.32 Å². The first-order valence-electron chi connectivity index (χ1n) is 5.49. The van der Waals surface area contributed by atoms with E-state index in [0.29, 0.717) is 5.69 Å². The highest BCUT2D eigenvalue weighted by Crippen LogP contribution is 2.25. The predicted molar refractivity (Wildman–Crippen MR) is 72.3 cm³/mol. The van der Waals surface area contributed by atoms with Gasteiger partial charge >= 0.3 is 6.36 Å². The quantitative estimate of drug-likeness (QED) is 0.840. The highest BCUT2D eigenvalue weighted by molar-refractivity contribution is 7.80. The molecule has 0 saturated heterocycles. The number of amides is 1. The average Bonchev–Trinajstić information content (AvgIpc) is 2.29. The number of nitrogens with two attached hydrogens (primary N) is 1. The molecule has 4 nitrogen and oxygen atoms in total. The lowest BCUT2D eigenvalue weighted by atomic mass is 9.92. The Morgan fingerprint density at radius 3 is 2.15 bits per heavy atom. The molecule has 0 aliphatic carbocycles. The number of hydrogen-bond donors (Lipinski definition) is 2. The van der Waals surface area contributed by atoms with Crippen molar-refractivity contribution in [3.63, 3.8) is 0 Å². The van der Waals surface area contributed by atoms with Gasteiger partial charge in [0, 0.05) is 5.69 Å². The van der Waals surface area contributed by atoms with Gasteiger partial charge in [-0.1, -0.05) is 12.2 Å². The molecule has 3 N–H and O–H groups in total. The minimum absolute atomic E-state index is 0.0204. The molecule has 0 atom stereocenters. The van der Waals surface area contributed by atoms with Crippen LogP contribution in [0, 0.1) is 5.41 Å². The van der Waals surface area contributed by atoms with Gasteiger partial charge in [-0.15, -0.1) is 13.2 Å². The summed E-state index contributed by atoms with van der Waals surface area (Å²) in [6.07, 6.45) is -4.75. The fraction of sp³-hybridized carbons (Fsp3) is 0.333. The third-order valence-electron chi connectivity index (χ3n) is 2.53. The number of hydrogen-bond acceptors (Lipinski definition) is 3. The summed E-state index contributed by atoms with van der Waals surface area (Å²) in [5, 5.41) is 2.51. The third-order valence-corrected chi connectivity index (χ3v) is 3.04. The van der Waals surface area contributed by atoms with Gasteiger partial charge in [0.2, 0.25) is 5.91 Å². The molecule has 0 bridgehead atoms. The lowest BCUT2D eigenvalue weighted by Gasteiger charge is -2.22. The maximum Gasteiger partial charge on any atom is 0.573 e. The highest BCUT2D eigenvalue weighted by atomic mass is 32.1. The summed E-state index contributed by atoms with van der Waals surface area (Å²) >= 11 is 4.78. The van der Waals surface area contributed by atoms with E-state index < -0.39 is 17.7 Å². The Balaban J connectivity index is 2.76. The Hall–Kier alpha value is -1.83. The molecule has 0 saturated carbocycles. The number of nitrogens with one attached hydrogen (secondary N) is 1. The molecule has 0 heterocycles. The monoisotopic (exact) mass is 306 g/mol. The summed E-state index contributed by atoms with van der Waals surface area (Å²) in [4.78, 5) is 11.9. The second-order valence-electron chi connectivity index (χ2n) is 4.52. The van der Waals surface area contributed by atoms with E-state index in [-0.39, 0.29) is 10.7 Å². The minimum atomic E-state index is -4.75. The zero-order valence-corrected chi connectivity index (χ0v) is 11.6. The molecule has 0 aliphatic heterocycles.